The molecule has 3 rings (SSSR count). The lowest BCUT2D eigenvalue weighted by Gasteiger charge is -2.25. The zero-order valence-electron chi connectivity index (χ0n) is 14.8. The Morgan fingerprint density at radius 1 is 1.32 bits per heavy atom. The number of amides is 1. The van der Waals surface area contributed by atoms with E-state index in [0.717, 1.165) is 24.1 Å². The molecular weight excluding hydrogens is 356 g/mol. The van der Waals surface area contributed by atoms with E-state index in [0.29, 0.717) is 5.17 Å². The van der Waals surface area contributed by atoms with Gasteiger partial charge in [0.1, 0.15) is 0 Å². The average molecular weight is 381 g/mol. The summed E-state index contributed by atoms with van der Waals surface area (Å²) in [5, 5.41) is 0.589. The van der Waals surface area contributed by atoms with Crippen molar-refractivity contribution in [1.29, 1.82) is 0 Å². The van der Waals surface area contributed by atoms with Crippen LogP contribution in [0.2, 0.25) is 0 Å². The second-order valence-corrected chi connectivity index (χ2v) is 10.1. The van der Waals surface area contributed by atoms with Gasteiger partial charge < -0.3 is 4.90 Å². The molecule has 0 bridgehead atoms. The van der Waals surface area contributed by atoms with Gasteiger partial charge >= 0.3 is 0 Å². The van der Waals surface area contributed by atoms with Crippen LogP contribution >= 0.6 is 11.8 Å². The Kier molecular flexibility index (Phi) is 5.25. The monoisotopic (exact) mass is 380 g/mol. The van der Waals surface area contributed by atoms with E-state index in [-0.39, 0.29) is 34.6 Å². The number of aryl methyl sites for hydroxylation is 1. The minimum Gasteiger partial charge on any atom is -0.316 e. The number of carbonyl (C=O) groups is 1. The highest BCUT2D eigenvalue weighted by molar-refractivity contribution is 8.16. The number of fused-ring (bicyclic) bond motifs is 1. The Labute approximate surface area is 153 Å². The lowest BCUT2D eigenvalue weighted by atomic mass is 10.0. The summed E-state index contributed by atoms with van der Waals surface area (Å²) in [4.78, 5) is 18.9. The summed E-state index contributed by atoms with van der Waals surface area (Å²) in [6.07, 6.45) is 1.53. The Hall–Kier alpha value is -1.34. The minimum atomic E-state index is -3.04. The van der Waals surface area contributed by atoms with Crippen molar-refractivity contribution in [1.82, 2.24) is 0 Å². The normalized spacial score (nSPS) is 26.4. The highest BCUT2D eigenvalue weighted by atomic mass is 32.2. The number of nitrogens with zero attached hydrogens (tertiary/aromatic N) is 2. The SMILES string of the molecule is CCC(CC)C(=O)N=C1S[C@@H]2CS(=O)(=O)C[C@H]2N1c1cccc(C)c1. The van der Waals surface area contributed by atoms with Gasteiger partial charge in [0.15, 0.2) is 15.0 Å². The van der Waals surface area contributed by atoms with Crippen LogP contribution in [0, 0.1) is 12.8 Å². The third-order valence-electron chi connectivity index (χ3n) is 4.89. The molecule has 2 aliphatic rings. The Morgan fingerprint density at radius 3 is 2.68 bits per heavy atom. The van der Waals surface area contributed by atoms with Crippen LogP contribution in [0.15, 0.2) is 29.3 Å². The number of sulfone groups is 1. The average Bonchev–Trinajstić information content (AvgIpc) is 2.99. The molecule has 2 aliphatic heterocycles. The first-order valence-corrected chi connectivity index (χ1v) is 11.4. The molecule has 2 heterocycles. The van der Waals surface area contributed by atoms with Crippen LogP contribution < -0.4 is 4.90 Å². The smallest absolute Gasteiger partial charge is 0.251 e. The molecule has 25 heavy (non-hydrogen) atoms. The number of hydrogen-bond acceptors (Lipinski definition) is 4. The second kappa shape index (κ2) is 7.11. The number of hydrogen-bond donors (Lipinski definition) is 0. The van der Waals surface area contributed by atoms with Gasteiger partial charge in [0, 0.05) is 16.9 Å². The molecule has 0 saturated carbocycles. The summed E-state index contributed by atoms with van der Waals surface area (Å²) in [7, 11) is -3.04. The molecule has 0 unspecified atom stereocenters. The van der Waals surface area contributed by atoms with Gasteiger partial charge in [-0.1, -0.05) is 37.7 Å². The molecule has 1 aromatic rings. The molecule has 0 radical (unpaired) electrons. The molecule has 2 fully saturated rings. The number of amidine groups is 1. The van der Waals surface area contributed by atoms with E-state index in [4.69, 9.17) is 0 Å². The molecule has 0 N–H and O–H groups in total. The molecule has 1 aromatic carbocycles. The third kappa shape index (κ3) is 3.77. The number of benzene rings is 1. The van der Waals surface area contributed by atoms with Crippen molar-refractivity contribution in [3.05, 3.63) is 29.8 Å². The molecule has 7 heteroatoms. The van der Waals surface area contributed by atoms with Crippen molar-refractivity contribution in [2.45, 2.75) is 44.9 Å². The van der Waals surface area contributed by atoms with Crippen molar-refractivity contribution in [3.8, 4) is 0 Å². The van der Waals surface area contributed by atoms with Crippen LogP contribution in [0.4, 0.5) is 5.69 Å². The molecule has 136 valence electrons. The highest BCUT2D eigenvalue weighted by Gasteiger charge is 2.49. The van der Waals surface area contributed by atoms with Crippen molar-refractivity contribution >= 4 is 38.4 Å². The molecule has 5 nitrogen and oxygen atoms in total. The van der Waals surface area contributed by atoms with E-state index in [1.165, 1.54) is 11.8 Å². The lowest BCUT2D eigenvalue weighted by molar-refractivity contribution is -0.121. The summed E-state index contributed by atoms with van der Waals surface area (Å²) < 4.78 is 24.1. The fourth-order valence-electron chi connectivity index (χ4n) is 3.47. The van der Waals surface area contributed by atoms with Crippen LogP contribution in [0.5, 0.6) is 0 Å². The van der Waals surface area contributed by atoms with Gasteiger partial charge in [-0.2, -0.15) is 4.99 Å². The van der Waals surface area contributed by atoms with E-state index in [2.05, 4.69) is 4.99 Å². The largest absolute Gasteiger partial charge is 0.316 e. The van der Waals surface area contributed by atoms with E-state index in [1.807, 2.05) is 49.9 Å². The molecule has 0 spiro atoms. The summed E-state index contributed by atoms with van der Waals surface area (Å²) in [6, 6.07) is 7.78. The molecule has 0 aromatic heterocycles. The van der Waals surface area contributed by atoms with E-state index in [1.54, 1.807) is 0 Å². The maximum Gasteiger partial charge on any atom is 0.251 e. The van der Waals surface area contributed by atoms with Crippen LogP contribution in [0.1, 0.15) is 32.3 Å². The summed E-state index contributed by atoms with van der Waals surface area (Å²) in [5.74, 6) is 0.101. The van der Waals surface area contributed by atoms with E-state index < -0.39 is 9.84 Å². The minimum absolute atomic E-state index is 0.0567. The number of aliphatic imine (C=N–C) groups is 1. The van der Waals surface area contributed by atoms with Gasteiger partial charge in [-0.25, -0.2) is 8.42 Å². The Morgan fingerprint density at radius 2 is 2.04 bits per heavy atom. The van der Waals surface area contributed by atoms with Crippen LogP contribution in [-0.4, -0.2) is 42.3 Å². The standard InChI is InChI=1S/C18H24N2O3S2/c1-4-13(5-2)17(21)19-18-20(14-8-6-7-12(3)9-14)15-10-25(22,23)11-16(15)24-18/h6-9,13,15-16H,4-5,10-11H2,1-3H3/t15-,16-/m1/s1. The van der Waals surface area contributed by atoms with Gasteiger partial charge in [0.2, 0.25) is 0 Å². The molecule has 1 amide bonds. The lowest BCUT2D eigenvalue weighted by Crippen LogP contribution is -2.38. The Bertz CT molecular complexity index is 800. The zero-order chi connectivity index (χ0) is 18.2. The maximum atomic E-state index is 12.5. The van der Waals surface area contributed by atoms with Crippen molar-refractivity contribution in [3.63, 3.8) is 0 Å². The fourth-order valence-corrected chi connectivity index (χ4v) is 7.39. The van der Waals surface area contributed by atoms with Crippen molar-refractivity contribution in [2.24, 2.45) is 10.9 Å². The first-order valence-electron chi connectivity index (χ1n) is 8.70. The summed E-state index contributed by atoms with van der Waals surface area (Å²) in [5.41, 5.74) is 2.01. The number of rotatable bonds is 4. The number of thioether (sulfide) groups is 1. The number of anilines is 1. The zero-order valence-corrected chi connectivity index (χ0v) is 16.4. The maximum absolute atomic E-state index is 12.5. The molecule has 2 saturated heterocycles. The quantitative estimate of drug-likeness (QED) is 0.803. The fraction of sp³-hybridized carbons (Fsp3) is 0.556. The summed E-state index contributed by atoms with van der Waals surface area (Å²) in [6.45, 7) is 5.99. The second-order valence-electron chi connectivity index (χ2n) is 6.76. The molecule has 2 atom stereocenters. The number of carbonyl (C=O) groups excluding carboxylic acids is 1. The predicted octanol–water partition coefficient (Wildman–Crippen LogP) is 3.03. The van der Waals surface area contributed by atoms with Gasteiger partial charge in [0.05, 0.1) is 17.5 Å². The third-order valence-corrected chi connectivity index (χ3v) is 8.10. The van der Waals surface area contributed by atoms with Crippen molar-refractivity contribution in [2.75, 3.05) is 16.4 Å². The summed E-state index contributed by atoms with van der Waals surface area (Å²) >= 11 is 1.43. The van der Waals surface area contributed by atoms with Gasteiger partial charge in [-0.3, -0.25) is 4.79 Å². The first kappa shape index (κ1) is 18.5. The van der Waals surface area contributed by atoms with E-state index in [9.17, 15) is 13.2 Å². The Balaban J connectivity index is 1.99. The van der Waals surface area contributed by atoms with Crippen molar-refractivity contribution < 1.29 is 13.2 Å². The van der Waals surface area contributed by atoms with E-state index >= 15 is 0 Å². The van der Waals surface area contributed by atoms with Gasteiger partial charge in [-0.15, -0.1) is 0 Å². The van der Waals surface area contributed by atoms with Gasteiger partial charge in [-0.05, 0) is 37.5 Å². The molecule has 0 aliphatic carbocycles. The predicted molar refractivity (Wildman–Crippen MR) is 104 cm³/mol. The topological polar surface area (TPSA) is 66.8 Å². The highest BCUT2D eigenvalue weighted by Crippen LogP contribution is 2.41. The van der Waals surface area contributed by atoms with Crippen LogP contribution in [0.25, 0.3) is 0 Å². The van der Waals surface area contributed by atoms with Crippen LogP contribution in [0.3, 0.4) is 0 Å². The van der Waals surface area contributed by atoms with Crippen LogP contribution in [-0.2, 0) is 14.6 Å². The first-order chi connectivity index (χ1) is 11.8. The molecular formula is C18H24N2O3S2. The van der Waals surface area contributed by atoms with Gasteiger partial charge in [0.25, 0.3) is 5.91 Å².